The van der Waals surface area contributed by atoms with E-state index < -0.39 is 12.1 Å². The smallest absolute Gasteiger partial charge is 0.310 e. The summed E-state index contributed by atoms with van der Waals surface area (Å²) >= 11 is 0. The molecule has 0 aromatic heterocycles. The Morgan fingerprint density at radius 3 is 0.823 bits per heavy atom. The van der Waals surface area contributed by atoms with Crippen LogP contribution in [0.2, 0.25) is 0 Å². The van der Waals surface area contributed by atoms with Gasteiger partial charge >= 0.3 is 17.9 Å². The molecule has 79 heavy (non-hydrogen) atoms. The van der Waals surface area contributed by atoms with Crippen molar-refractivity contribution in [3.8, 4) is 0 Å². The highest BCUT2D eigenvalue weighted by Gasteiger charge is 2.19. The highest BCUT2D eigenvalue weighted by atomic mass is 16.6. The fourth-order valence-corrected chi connectivity index (χ4v) is 10.1. The second kappa shape index (κ2) is 67.4. The Hall–Kier alpha value is -3.15. The molecule has 1 unspecified atom stereocenters. The summed E-state index contributed by atoms with van der Waals surface area (Å²) in [5.41, 5.74) is 0. The number of hydrogen-bond donors (Lipinski definition) is 0. The molecule has 6 nitrogen and oxygen atoms in total. The number of carbonyl (C=O) groups excluding carboxylic acids is 3. The van der Waals surface area contributed by atoms with Gasteiger partial charge < -0.3 is 14.2 Å². The van der Waals surface area contributed by atoms with Crippen molar-refractivity contribution in [1.29, 1.82) is 0 Å². The monoisotopic (exact) mass is 1100 g/mol. The highest BCUT2D eigenvalue weighted by molar-refractivity contribution is 5.72. The minimum atomic E-state index is -0.833. The molecule has 1 atom stereocenters. The Bertz CT molecular complexity index is 1450. The number of carbonyl (C=O) groups is 3. The second-order valence-corrected chi connectivity index (χ2v) is 23.1. The third-order valence-corrected chi connectivity index (χ3v) is 15.2. The van der Waals surface area contributed by atoms with Gasteiger partial charge in [-0.25, -0.2) is 0 Å². The normalized spacial score (nSPS) is 12.5. The second-order valence-electron chi connectivity index (χ2n) is 23.1. The molecule has 0 fully saturated rings. The zero-order chi connectivity index (χ0) is 57.1. The number of hydrogen-bond acceptors (Lipinski definition) is 6. The van der Waals surface area contributed by atoms with Gasteiger partial charge in [0.2, 0.25) is 0 Å². The first-order chi connectivity index (χ1) is 39.0. The first kappa shape index (κ1) is 75.8. The predicted molar refractivity (Wildman–Crippen MR) is 344 cm³/mol. The van der Waals surface area contributed by atoms with E-state index in [1.807, 2.05) is 6.08 Å². The number of esters is 3. The summed E-state index contributed by atoms with van der Waals surface area (Å²) in [5.74, 6) is -1.04. The van der Waals surface area contributed by atoms with E-state index in [0.29, 0.717) is 12.8 Å². The molecule has 0 aliphatic rings. The molecule has 0 aliphatic heterocycles. The lowest BCUT2D eigenvalue weighted by Gasteiger charge is -2.18. The zero-order valence-electron chi connectivity index (χ0n) is 52.6. The number of ether oxygens (including phenoxy) is 3. The van der Waals surface area contributed by atoms with E-state index in [-0.39, 0.29) is 31.6 Å². The van der Waals surface area contributed by atoms with Gasteiger partial charge in [-0.15, -0.1) is 0 Å². The van der Waals surface area contributed by atoms with Gasteiger partial charge in [-0.3, -0.25) is 14.4 Å². The van der Waals surface area contributed by atoms with Crippen molar-refractivity contribution in [2.24, 2.45) is 0 Å². The van der Waals surface area contributed by atoms with Crippen LogP contribution in [0.1, 0.15) is 355 Å². The first-order valence-corrected chi connectivity index (χ1v) is 34.4. The summed E-state index contributed by atoms with van der Waals surface area (Å²) in [6.45, 7) is 6.47. The molecular weight excluding hydrogens is 973 g/mol. The van der Waals surface area contributed by atoms with Gasteiger partial charge in [0.15, 0.2) is 6.10 Å². The maximum atomic E-state index is 12.8. The van der Waals surface area contributed by atoms with Gasteiger partial charge in [-0.2, -0.15) is 0 Å². The van der Waals surface area contributed by atoms with Crippen molar-refractivity contribution >= 4 is 17.9 Å². The molecule has 0 N–H and O–H groups in total. The summed E-state index contributed by atoms with van der Waals surface area (Å²) in [5, 5.41) is 0. The lowest BCUT2D eigenvalue weighted by atomic mass is 10.0. The van der Waals surface area contributed by atoms with Crippen molar-refractivity contribution < 1.29 is 28.6 Å². The van der Waals surface area contributed by atoms with E-state index in [1.165, 1.54) is 231 Å². The SMILES string of the molecule is CC/C=C\C/C=C\C/C=C\C/C=C\C/C=C\CC(=O)OC(COC(=O)CCCCCCC/C=C\CCCCCCC)COC(=O)CCCCCCCCCCCCCCCCCCCCCCCCCCCCCCCCCC. The molecule has 0 aliphatic carbocycles. The Morgan fingerprint density at radius 2 is 0.532 bits per heavy atom. The van der Waals surface area contributed by atoms with Gasteiger partial charge in [0.1, 0.15) is 13.2 Å². The van der Waals surface area contributed by atoms with E-state index in [0.717, 1.165) is 83.5 Å². The third kappa shape index (κ3) is 65.5. The van der Waals surface area contributed by atoms with Gasteiger partial charge in [-0.1, -0.05) is 338 Å². The molecule has 0 radical (unpaired) electrons. The summed E-state index contributed by atoms with van der Waals surface area (Å²) in [4.78, 5) is 38.2. The summed E-state index contributed by atoms with van der Waals surface area (Å²) in [6, 6.07) is 0. The lowest BCUT2D eigenvalue weighted by Crippen LogP contribution is -2.30. The molecule has 458 valence electrons. The molecule has 0 saturated heterocycles. The van der Waals surface area contributed by atoms with Crippen LogP contribution in [0.15, 0.2) is 72.9 Å². The molecule has 0 amide bonds. The molecule has 0 aromatic carbocycles. The molecule has 0 bridgehead atoms. The zero-order valence-corrected chi connectivity index (χ0v) is 52.6. The molecule has 6 heteroatoms. The topological polar surface area (TPSA) is 78.9 Å². The predicted octanol–water partition coefficient (Wildman–Crippen LogP) is 23.7. The quantitative estimate of drug-likeness (QED) is 0.0261. The Kier molecular flexibility index (Phi) is 64.7. The average Bonchev–Trinajstić information content (AvgIpc) is 3.45. The Labute approximate surface area is 491 Å². The lowest BCUT2D eigenvalue weighted by molar-refractivity contribution is -0.166. The first-order valence-electron chi connectivity index (χ1n) is 34.4. The van der Waals surface area contributed by atoms with Crippen LogP contribution in [0, 0.1) is 0 Å². The molecule has 0 spiro atoms. The minimum absolute atomic E-state index is 0.0977. The van der Waals surface area contributed by atoms with Crippen LogP contribution in [0.3, 0.4) is 0 Å². The van der Waals surface area contributed by atoms with Crippen molar-refractivity contribution in [2.75, 3.05) is 13.2 Å². The molecule has 0 heterocycles. The largest absolute Gasteiger partial charge is 0.462 e. The van der Waals surface area contributed by atoms with Crippen LogP contribution in [-0.4, -0.2) is 37.2 Å². The van der Waals surface area contributed by atoms with Crippen molar-refractivity contribution in [3.05, 3.63) is 72.9 Å². The van der Waals surface area contributed by atoms with Crippen LogP contribution < -0.4 is 0 Å². The van der Waals surface area contributed by atoms with Crippen LogP contribution in [0.4, 0.5) is 0 Å². The summed E-state index contributed by atoms with van der Waals surface area (Å²) < 4.78 is 16.8. The Balaban J connectivity index is 4.18. The number of rotatable bonds is 63. The fraction of sp³-hybridized carbons (Fsp3) is 0.795. The van der Waals surface area contributed by atoms with Crippen LogP contribution in [0.5, 0.6) is 0 Å². The van der Waals surface area contributed by atoms with Gasteiger partial charge in [0.25, 0.3) is 0 Å². The fourth-order valence-electron chi connectivity index (χ4n) is 10.1. The minimum Gasteiger partial charge on any atom is -0.462 e. The number of unbranched alkanes of at least 4 members (excludes halogenated alkanes) is 41. The van der Waals surface area contributed by atoms with E-state index in [2.05, 4.69) is 81.5 Å². The van der Waals surface area contributed by atoms with Crippen LogP contribution in [-0.2, 0) is 28.6 Å². The third-order valence-electron chi connectivity index (χ3n) is 15.2. The maximum absolute atomic E-state index is 12.8. The van der Waals surface area contributed by atoms with Crippen molar-refractivity contribution in [2.45, 2.75) is 361 Å². The molecule has 0 saturated carbocycles. The van der Waals surface area contributed by atoms with Gasteiger partial charge in [0.05, 0.1) is 6.42 Å². The molecular formula is C73H130O6. The molecule has 0 aromatic rings. The highest BCUT2D eigenvalue weighted by Crippen LogP contribution is 2.18. The average molecular weight is 1100 g/mol. The van der Waals surface area contributed by atoms with E-state index >= 15 is 0 Å². The number of allylic oxidation sites excluding steroid dienone is 11. The molecule has 0 rings (SSSR count). The Morgan fingerprint density at radius 1 is 0.278 bits per heavy atom. The summed E-state index contributed by atoms with van der Waals surface area (Å²) in [6.07, 6.45) is 88.4. The maximum Gasteiger partial charge on any atom is 0.310 e. The standard InChI is InChI=1S/C73H130O6/c1-4-7-10-13-16-19-22-25-28-29-30-31-32-33-34-35-36-37-38-39-40-41-42-43-44-46-48-51-54-57-60-63-66-72(75)78-69-70(68-77-71(74)65-62-59-56-53-50-47-27-24-21-18-15-12-9-6-3)79-73(76)67-64-61-58-55-52-49-45-26-23-20-17-14-11-8-5-2/h8,11,17,20,24,26-27,45,52,55,61,64,70H,4-7,9-10,12-16,18-19,21-23,25,28-44,46-51,53-54,56-60,62-63,65-69H2,1-3H3/b11-8-,20-17-,27-24-,45-26-,55-52-,64-61-. The van der Waals surface area contributed by atoms with Crippen LogP contribution >= 0.6 is 0 Å². The van der Waals surface area contributed by atoms with E-state index in [4.69, 9.17) is 14.2 Å². The van der Waals surface area contributed by atoms with Gasteiger partial charge in [0, 0.05) is 12.8 Å². The summed E-state index contributed by atoms with van der Waals surface area (Å²) in [7, 11) is 0. The van der Waals surface area contributed by atoms with Crippen LogP contribution in [0.25, 0.3) is 0 Å². The van der Waals surface area contributed by atoms with Crippen molar-refractivity contribution in [3.63, 3.8) is 0 Å². The van der Waals surface area contributed by atoms with Crippen molar-refractivity contribution in [1.82, 2.24) is 0 Å². The van der Waals surface area contributed by atoms with Gasteiger partial charge in [-0.05, 0) is 70.6 Å². The van der Waals surface area contributed by atoms with E-state index in [9.17, 15) is 14.4 Å². The van der Waals surface area contributed by atoms with E-state index in [1.54, 1.807) is 6.08 Å².